The average Bonchev–Trinajstić information content (AvgIpc) is 2.61. The van der Waals surface area contributed by atoms with Crippen molar-refractivity contribution in [3.05, 3.63) is 54.1 Å². The minimum atomic E-state index is -3.74. The van der Waals surface area contributed by atoms with E-state index in [1.807, 2.05) is 6.92 Å². The second-order valence-corrected chi connectivity index (χ2v) is 8.71. The van der Waals surface area contributed by atoms with E-state index in [2.05, 4.69) is 10.0 Å². The van der Waals surface area contributed by atoms with Gasteiger partial charge >= 0.3 is 0 Å². The molecule has 0 bridgehead atoms. The molecule has 140 valence electrons. The van der Waals surface area contributed by atoms with Crippen molar-refractivity contribution < 1.29 is 17.4 Å². The van der Waals surface area contributed by atoms with Gasteiger partial charge in [-0.3, -0.25) is 13.7 Å². The minimum absolute atomic E-state index is 0.156. The summed E-state index contributed by atoms with van der Waals surface area (Å²) in [6, 6.07) is 12.9. The van der Waals surface area contributed by atoms with E-state index in [0.717, 1.165) is 12.0 Å². The van der Waals surface area contributed by atoms with Crippen LogP contribution in [0.1, 0.15) is 19.4 Å². The van der Waals surface area contributed by atoms with Crippen molar-refractivity contribution >= 4 is 32.4 Å². The first-order valence-corrected chi connectivity index (χ1v) is 11.0. The molecule has 0 fully saturated rings. The molecule has 0 aliphatic heterocycles. The SMILES string of the molecule is CCNC(=O)CS(=O)c1cccc(NS(=O)(=O)c2ccc(CC)cc2)c1. The first-order valence-electron chi connectivity index (χ1n) is 8.22. The molecule has 26 heavy (non-hydrogen) atoms. The molecule has 1 atom stereocenters. The van der Waals surface area contributed by atoms with Gasteiger partial charge in [0.05, 0.1) is 21.4 Å². The number of anilines is 1. The Kier molecular flexibility index (Phi) is 6.93. The van der Waals surface area contributed by atoms with Crippen LogP contribution in [0.25, 0.3) is 0 Å². The Labute approximate surface area is 156 Å². The number of nitrogens with one attached hydrogen (secondary N) is 2. The molecule has 0 spiro atoms. The molecule has 2 aromatic carbocycles. The molecule has 0 saturated heterocycles. The van der Waals surface area contributed by atoms with Gasteiger partial charge in [-0.2, -0.15) is 0 Å². The van der Waals surface area contributed by atoms with Crippen LogP contribution >= 0.6 is 0 Å². The summed E-state index contributed by atoms with van der Waals surface area (Å²) in [7, 11) is -5.29. The third kappa shape index (κ3) is 5.40. The lowest BCUT2D eigenvalue weighted by atomic mass is 10.2. The van der Waals surface area contributed by atoms with Crippen molar-refractivity contribution in [2.24, 2.45) is 0 Å². The molecule has 0 radical (unpaired) electrons. The van der Waals surface area contributed by atoms with Crippen LogP contribution < -0.4 is 10.0 Å². The van der Waals surface area contributed by atoms with Crippen LogP contribution in [-0.4, -0.2) is 30.8 Å². The van der Waals surface area contributed by atoms with Gasteiger partial charge in [0.25, 0.3) is 10.0 Å². The van der Waals surface area contributed by atoms with Crippen LogP contribution in [-0.2, 0) is 32.0 Å². The van der Waals surface area contributed by atoms with E-state index in [1.54, 1.807) is 49.4 Å². The lowest BCUT2D eigenvalue weighted by Crippen LogP contribution is -2.27. The lowest BCUT2D eigenvalue weighted by Gasteiger charge is -2.10. The van der Waals surface area contributed by atoms with E-state index in [-0.39, 0.29) is 16.6 Å². The number of aryl methyl sites for hydroxylation is 1. The Morgan fingerprint density at radius 2 is 1.77 bits per heavy atom. The van der Waals surface area contributed by atoms with Crippen molar-refractivity contribution in [1.82, 2.24) is 5.32 Å². The topological polar surface area (TPSA) is 92.3 Å². The average molecular weight is 395 g/mol. The third-order valence-corrected chi connectivity index (χ3v) is 6.33. The summed E-state index contributed by atoms with van der Waals surface area (Å²) in [6.45, 7) is 4.24. The highest BCUT2D eigenvalue weighted by Gasteiger charge is 2.15. The molecule has 0 heterocycles. The number of amides is 1. The molecule has 2 aromatic rings. The standard InChI is InChI=1S/C18H22N2O4S2/c1-3-14-8-10-17(11-9-14)26(23,24)20-15-6-5-7-16(12-15)25(22)13-18(21)19-4-2/h5-12,20H,3-4,13H2,1-2H3,(H,19,21). The van der Waals surface area contributed by atoms with Gasteiger partial charge in [-0.1, -0.05) is 25.1 Å². The number of carbonyl (C=O) groups excluding carboxylic acids is 1. The van der Waals surface area contributed by atoms with Gasteiger partial charge in [-0.25, -0.2) is 8.42 Å². The molecule has 6 nitrogen and oxygen atoms in total. The molecule has 0 aromatic heterocycles. The summed E-state index contributed by atoms with van der Waals surface area (Å²) in [4.78, 5) is 12.1. The molecule has 2 N–H and O–H groups in total. The second kappa shape index (κ2) is 8.95. The maximum atomic E-state index is 12.5. The summed E-state index contributed by atoms with van der Waals surface area (Å²) in [5.74, 6) is -0.476. The fourth-order valence-corrected chi connectivity index (χ4v) is 4.32. The number of hydrogen-bond donors (Lipinski definition) is 2. The molecule has 0 saturated carbocycles. The van der Waals surface area contributed by atoms with E-state index >= 15 is 0 Å². The fourth-order valence-electron chi connectivity index (χ4n) is 2.27. The van der Waals surface area contributed by atoms with Crippen molar-refractivity contribution in [2.45, 2.75) is 30.1 Å². The maximum absolute atomic E-state index is 12.5. The van der Waals surface area contributed by atoms with Crippen LogP contribution in [0.15, 0.2) is 58.3 Å². The fraction of sp³-hybridized carbons (Fsp3) is 0.278. The zero-order valence-corrected chi connectivity index (χ0v) is 16.3. The molecule has 1 unspecified atom stereocenters. The number of benzene rings is 2. The van der Waals surface area contributed by atoms with E-state index < -0.39 is 20.8 Å². The molecule has 8 heteroatoms. The minimum Gasteiger partial charge on any atom is -0.356 e. The molecular formula is C18H22N2O4S2. The quantitative estimate of drug-likeness (QED) is 0.718. The van der Waals surface area contributed by atoms with Crippen molar-refractivity contribution in [2.75, 3.05) is 17.0 Å². The second-order valence-electron chi connectivity index (χ2n) is 5.57. The Hall–Kier alpha value is -2.19. The molecular weight excluding hydrogens is 372 g/mol. The van der Waals surface area contributed by atoms with Crippen molar-refractivity contribution in [3.8, 4) is 0 Å². The van der Waals surface area contributed by atoms with Crippen molar-refractivity contribution in [1.29, 1.82) is 0 Å². The first kappa shape index (κ1) is 20.1. The summed E-state index contributed by atoms with van der Waals surface area (Å²) in [5, 5.41) is 2.59. The predicted octanol–water partition coefficient (Wildman–Crippen LogP) is 2.29. The van der Waals surface area contributed by atoms with E-state index in [0.29, 0.717) is 17.1 Å². The maximum Gasteiger partial charge on any atom is 0.261 e. The molecule has 2 rings (SSSR count). The van der Waals surface area contributed by atoms with Crippen molar-refractivity contribution in [3.63, 3.8) is 0 Å². The van der Waals surface area contributed by atoms with Gasteiger partial charge in [0, 0.05) is 11.4 Å². The summed E-state index contributed by atoms with van der Waals surface area (Å²) in [5.41, 5.74) is 1.35. The molecule has 1 amide bonds. The lowest BCUT2D eigenvalue weighted by molar-refractivity contribution is -0.118. The van der Waals surface area contributed by atoms with Crippen LogP contribution in [0.3, 0.4) is 0 Å². The monoisotopic (exact) mass is 394 g/mol. The number of rotatable bonds is 8. The first-order chi connectivity index (χ1) is 12.4. The van der Waals surface area contributed by atoms with Crippen LogP contribution in [0.4, 0.5) is 5.69 Å². The normalized spacial score (nSPS) is 12.4. The van der Waals surface area contributed by atoms with Crippen LogP contribution in [0.2, 0.25) is 0 Å². The highest BCUT2D eigenvalue weighted by atomic mass is 32.2. The van der Waals surface area contributed by atoms with E-state index in [1.165, 1.54) is 6.07 Å². The van der Waals surface area contributed by atoms with Gasteiger partial charge < -0.3 is 5.32 Å². The Morgan fingerprint density at radius 1 is 1.08 bits per heavy atom. The molecule has 0 aliphatic carbocycles. The van der Waals surface area contributed by atoms with Crippen LogP contribution in [0, 0.1) is 0 Å². The predicted molar refractivity (Wildman–Crippen MR) is 103 cm³/mol. The zero-order chi connectivity index (χ0) is 19.2. The van der Waals surface area contributed by atoms with Gasteiger partial charge in [-0.15, -0.1) is 0 Å². The Morgan fingerprint density at radius 3 is 2.38 bits per heavy atom. The Balaban J connectivity index is 2.16. The number of hydrogen-bond acceptors (Lipinski definition) is 4. The zero-order valence-electron chi connectivity index (χ0n) is 14.7. The number of carbonyl (C=O) groups is 1. The highest BCUT2D eigenvalue weighted by Crippen LogP contribution is 2.19. The highest BCUT2D eigenvalue weighted by molar-refractivity contribution is 7.92. The van der Waals surface area contributed by atoms with Gasteiger partial charge in [0.2, 0.25) is 5.91 Å². The summed E-state index contributed by atoms with van der Waals surface area (Å²) in [6.07, 6.45) is 0.827. The van der Waals surface area contributed by atoms with E-state index in [4.69, 9.17) is 0 Å². The van der Waals surface area contributed by atoms with Gasteiger partial charge in [-0.05, 0) is 49.2 Å². The van der Waals surface area contributed by atoms with Gasteiger partial charge in [0.1, 0.15) is 5.75 Å². The summed E-state index contributed by atoms with van der Waals surface area (Å²) >= 11 is 0. The smallest absolute Gasteiger partial charge is 0.261 e. The summed E-state index contributed by atoms with van der Waals surface area (Å²) < 4.78 is 39.7. The number of sulfonamides is 1. The third-order valence-electron chi connectivity index (χ3n) is 3.63. The largest absolute Gasteiger partial charge is 0.356 e. The van der Waals surface area contributed by atoms with Crippen LogP contribution in [0.5, 0.6) is 0 Å². The molecule has 0 aliphatic rings. The Bertz CT molecular complexity index is 894. The van der Waals surface area contributed by atoms with E-state index in [9.17, 15) is 17.4 Å². The van der Waals surface area contributed by atoms with Gasteiger partial charge in [0.15, 0.2) is 0 Å².